The van der Waals surface area contributed by atoms with E-state index in [1.165, 1.54) is 17.4 Å². The van der Waals surface area contributed by atoms with Crippen LogP contribution >= 0.6 is 11.3 Å². The third-order valence-corrected chi connectivity index (χ3v) is 6.26. The zero-order valence-electron chi connectivity index (χ0n) is 11.6. The van der Waals surface area contributed by atoms with Gasteiger partial charge in [0.1, 0.15) is 5.54 Å². The lowest BCUT2D eigenvalue weighted by Gasteiger charge is -2.38. The largest absolute Gasteiger partial charge is 0.407 e. The van der Waals surface area contributed by atoms with Crippen LogP contribution in [0.2, 0.25) is 0 Å². The fourth-order valence-electron chi connectivity index (χ4n) is 2.35. The van der Waals surface area contributed by atoms with Gasteiger partial charge in [-0.2, -0.15) is 17.9 Å². The molecule has 4 nitrogen and oxygen atoms in total. The molecule has 1 saturated heterocycles. The Kier molecular flexibility index (Phi) is 4.40. The van der Waals surface area contributed by atoms with Gasteiger partial charge in [-0.15, -0.1) is 11.3 Å². The molecule has 9 heteroatoms. The van der Waals surface area contributed by atoms with Gasteiger partial charge in [-0.25, -0.2) is 8.42 Å². The van der Waals surface area contributed by atoms with Crippen LogP contribution in [-0.4, -0.2) is 33.3 Å². The Balaban J connectivity index is 2.38. The van der Waals surface area contributed by atoms with Crippen LogP contribution in [0.25, 0.3) is 0 Å². The summed E-state index contributed by atoms with van der Waals surface area (Å²) in [6.07, 6.45) is -5.50. The predicted molar refractivity (Wildman–Crippen MR) is 73.0 cm³/mol. The van der Waals surface area contributed by atoms with Crippen LogP contribution in [0, 0.1) is 13.8 Å². The lowest BCUT2D eigenvalue weighted by molar-refractivity contribution is -0.210. The molecule has 0 amide bonds. The van der Waals surface area contributed by atoms with Gasteiger partial charge in [-0.3, -0.25) is 0 Å². The zero-order chi connectivity index (χ0) is 15.9. The molecule has 0 radical (unpaired) electrons. The smallest absolute Gasteiger partial charge is 0.381 e. The molecule has 1 N–H and O–H groups in total. The molecule has 120 valence electrons. The van der Waals surface area contributed by atoms with Crippen molar-refractivity contribution in [2.45, 2.75) is 43.3 Å². The molecule has 1 aliphatic heterocycles. The van der Waals surface area contributed by atoms with E-state index in [-0.39, 0.29) is 18.1 Å². The molecule has 1 aromatic heterocycles. The third-order valence-electron chi connectivity index (χ3n) is 3.50. The monoisotopic (exact) mass is 343 g/mol. The van der Waals surface area contributed by atoms with Gasteiger partial charge in [-0.05, 0) is 32.8 Å². The first-order valence-electron chi connectivity index (χ1n) is 6.33. The molecule has 0 bridgehead atoms. The average Bonchev–Trinajstić information content (AvgIpc) is 2.68. The molecule has 0 unspecified atom stereocenters. The maximum atomic E-state index is 13.4. The number of alkyl halides is 3. The molecule has 1 fully saturated rings. The predicted octanol–water partition coefficient (Wildman–Crippen LogP) is 2.75. The Hall–Kier alpha value is -0.640. The van der Waals surface area contributed by atoms with Crippen molar-refractivity contribution < 1.29 is 26.3 Å². The number of sulfonamides is 1. The summed E-state index contributed by atoms with van der Waals surface area (Å²) in [4.78, 5) is 1.13. The van der Waals surface area contributed by atoms with Crippen molar-refractivity contribution in [3.8, 4) is 0 Å². The van der Waals surface area contributed by atoms with Crippen molar-refractivity contribution in [3.05, 3.63) is 15.8 Å². The molecular formula is C12H16F3NO3S2. The van der Waals surface area contributed by atoms with Crippen LogP contribution in [0.4, 0.5) is 13.2 Å². The highest BCUT2D eigenvalue weighted by atomic mass is 32.2. The van der Waals surface area contributed by atoms with Gasteiger partial charge < -0.3 is 4.74 Å². The first kappa shape index (κ1) is 16.7. The summed E-state index contributed by atoms with van der Waals surface area (Å²) in [6.45, 7) is 3.05. The summed E-state index contributed by atoms with van der Waals surface area (Å²) >= 11 is 1.24. The number of hydrogen-bond acceptors (Lipinski definition) is 4. The summed E-state index contributed by atoms with van der Waals surface area (Å²) in [7, 11) is -4.23. The third kappa shape index (κ3) is 3.25. The number of ether oxygens (including phenoxy) is 1. The number of thiophene rings is 1. The summed E-state index contributed by atoms with van der Waals surface area (Å²) in [5.74, 6) is 0. The van der Waals surface area contributed by atoms with Crippen molar-refractivity contribution >= 4 is 21.4 Å². The van der Waals surface area contributed by atoms with Crippen molar-refractivity contribution in [3.63, 3.8) is 0 Å². The van der Waals surface area contributed by atoms with E-state index in [0.29, 0.717) is 4.88 Å². The van der Waals surface area contributed by atoms with E-state index in [2.05, 4.69) is 0 Å². The minimum Gasteiger partial charge on any atom is -0.381 e. The number of rotatable bonds is 3. The van der Waals surface area contributed by atoms with Gasteiger partial charge in [0.15, 0.2) is 0 Å². The maximum Gasteiger partial charge on any atom is 0.407 e. The van der Waals surface area contributed by atoms with E-state index < -0.39 is 34.6 Å². The second-order valence-electron chi connectivity index (χ2n) is 5.08. The molecule has 21 heavy (non-hydrogen) atoms. The normalized spacial score (nSPS) is 19.7. The molecule has 2 rings (SSSR count). The molecule has 0 aliphatic carbocycles. The zero-order valence-corrected chi connectivity index (χ0v) is 13.2. The van der Waals surface area contributed by atoms with Crippen LogP contribution in [0.5, 0.6) is 0 Å². The lowest BCUT2D eigenvalue weighted by Crippen LogP contribution is -2.61. The van der Waals surface area contributed by atoms with E-state index in [1.54, 1.807) is 13.8 Å². The Bertz CT molecular complexity index is 616. The highest BCUT2D eigenvalue weighted by molar-refractivity contribution is 7.89. The van der Waals surface area contributed by atoms with Crippen LogP contribution in [0.15, 0.2) is 11.0 Å². The molecule has 0 atom stereocenters. The van der Waals surface area contributed by atoms with E-state index in [1.807, 2.05) is 4.72 Å². The first-order valence-corrected chi connectivity index (χ1v) is 8.63. The second kappa shape index (κ2) is 5.53. The SMILES string of the molecule is Cc1cc(S(=O)(=O)NC2(C(F)(F)F)CCOCC2)c(C)s1. The highest BCUT2D eigenvalue weighted by Gasteiger charge is 2.57. The number of halogens is 3. The Morgan fingerprint density at radius 1 is 1.29 bits per heavy atom. The van der Waals surface area contributed by atoms with Gasteiger partial charge >= 0.3 is 6.18 Å². The average molecular weight is 343 g/mol. The number of nitrogens with one attached hydrogen (secondary N) is 1. The van der Waals surface area contributed by atoms with Crippen LogP contribution in [-0.2, 0) is 14.8 Å². The Labute approximate surface area is 125 Å². The standard InChI is InChI=1S/C12H16F3NO3S2/c1-8-7-10(9(2)20-8)21(17,18)16-11(12(13,14)15)3-5-19-6-4-11/h7,16H,3-6H2,1-2H3. The topological polar surface area (TPSA) is 55.4 Å². The summed E-state index contributed by atoms with van der Waals surface area (Å²) in [6, 6.07) is 1.39. The van der Waals surface area contributed by atoms with E-state index in [0.717, 1.165) is 4.88 Å². The van der Waals surface area contributed by atoms with Crippen molar-refractivity contribution in [1.29, 1.82) is 0 Å². The summed E-state index contributed by atoms with van der Waals surface area (Å²) in [5, 5.41) is 0. The maximum absolute atomic E-state index is 13.4. The van der Waals surface area contributed by atoms with Crippen LogP contribution in [0.3, 0.4) is 0 Å². The Morgan fingerprint density at radius 2 is 1.86 bits per heavy atom. The fourth-order valence-corrected chi connectivity index (χ4v) is 5.35. The van der Waals surface area contributed by atoms with Crippen LogP contribution in [0.1, 0.15) is 22.6 Å². The van der Waals surface area contributed by atoms with Gasteiger partial charge in [0, 0.05) is 23.0 Å². The van der Waals surface area contributed by atoms with E-state index in [4.69, 9.17) is 4.74 Å². The second-order valence-corrected chi connectivity index (χ2v) is 8.19. The molecule has 0 aromatic carbocycles. The van der Waals surface area contributed by atoms with E-state index >= 15 is 0 Å². The van der Waals surface area contributed by atoms with Gasteiger partial charge in [0.2, 0.25) is 10.0 Å². The molecule has 0 spiro atoms. The minimum atomic E-state index is -4.66. The first-order chi connectivity index (χ1) is 9.57. The highest BCUT2D eigenvalue weighted by Crippen LogP contribution is 2.39. The summed E-state index contributed by atoms with van der Waals surface area (Å²) in [5.41, 5.74) is -2.45. The summed E-state index contributed by atoms with van der Waals surface area (Å²) < 4.78 is 71.6. The quantitative estimate of drug-likeness (QED) is 0.918. The van der Waals surface area contributed by atoms with E-state index in [9.17, 15) is 21.6 Å². The number of hydrogen-bond donors (Lipinski definition) is 1. The molecule has 1 aliphatic rings. The van der Waals surface area contributed by atoms with Crippen LogP contribution < -0.4 is 4.72 Å². The molecular weight excluding hydrogens is 327 g/mol. The van der Waals surface area contributed by atoms with Crippen molar-refractivity contribution in [2.24, 2.45) is 0 Å². The minimum absolute atomic E-state index is 0.0832. The fraction of sp³-hybridized carbons (Fsp3) is 0.667. The van der Waals surface area contributed by atoms with Crippen molar-refractivity contribution in [2.75, 3.05) is 13.2 Å². The van der Waals surface area contributed by atoms with Gasteiger partial charge in [0.25, 0.3) is 0 Å². The Morgan fingerprint density at radius 3 is 2.29 bits per heavy atom. The molecule has 0 saturated carbocycles. The molecule has 1 aromatic rings. The van der Waals surface area contributed by atoms with Gasteiger partial charge in [0.05, 0.1) is 4.90 Å². The molecule has 2 heterocycles. The van der Waals surface area contributed by atoms with Crippen molar-refractivity contribution in [1.82, 2.24) is 4.72 Å². The lowest BCUT2D eigenvalue weighted by atomic mass is 9.91. The van der Waals surface area contributed by atoms with Gasteiger partial charge in [-0.1, -0.05) is 0 Å². The number of aryl methyl sites for hydroxylation is 2.